The first kappa shape index (κ1) is 29.1. The molecule has 7 heteroatoms. The van der Waals surface area contributed by atoms with E-state index in [4.69, 9.17) is 23.8 Å². The van der Waals surface area contributed by atoms with Gasteiger partial charge in [-0.1, -0.05) is 115 Å². The molecular formula is C47H27N5O2. The molecule has 0 saturated carbocycles. The highest BCUT2D eigenvalue weighted by molar-refractivity contribution is 6.19. The van der Waals surface area contributed by atoms with Crippen LogP contribution in [-0.2, 0) is 0 Å². The van der Waals surface area contributed by atoms with E-state index in [1.54, 1.807) is 0 Å². The van der Waals surface area contributed by atoms with E-state index in [1.165, 1.54) is 5.39 Å². The van der Waals surface area contributed by atoms with Crippen LogP contribution in [0.5, 0.6) is 0 Å². The minimum absolute atomic E-state index is 0.517. The Hall–Kier alpha value is -7.51. The molecule has 0 aliphatic carbocycles. The van der Waals surface area contributed by atoms with Crippen LogP contribution in [0.25, 0.3) is 111 Å². The van der Waals surface area contributed by atoms with Gasteiger partial charge in [-0.2, -0.15) is 9.97 Å². The molecule has 0 bridgehead atoms. The second-order valence-corrected chi connectivity index (χ2v) is 13.6. The molecule has 0 spiro atoms. The summed E-state index contributed by atoms with van der Waals surface area (Å²) in [5, 5.41) is 7.66. The Labute approximate surface area is 307 Å². The predicted octanol–water partition coefficient (Wildman–Crippen LogP) is 12.0. The molecule has 0 unspecified atom stereocenters. The molecule has 7 aromatic carbocycles. The summed E-state index contributed by atoms with van der Waals surface area (Å²) in [4.78, 5) is 15.3. The van der Waals surface area contributed by atoms with Gasteiger partial charge in [0.25, 0.3) is 0 Å². The van der Waals surface area contributed by atoms with Crippen LogP contribution < -0.4 is 0 Å². The fourth-order valence-corrected chi connectivity index (χ4v) is 8.24. The molecule has 0 radical (unpaired) electrons. The van der Waals surface area contributed by atoms with Gasteiger partial charge in [0.2, 0.25) is 5.95 Å². The molecule has 0 atom stereocenters. The van der Waals surface area contributed by atoms with Crippen molar-refractivity contribution in [3.05, 3.63) is 164 Å². The van der Waals surface area contributed by atoms with Gasteiger partial charge in [0.15, 0.2) is 17.2 Å². The Morgan fingerprint density at radius 1 is 0.407 bits per heavy atom. The molecule has 0 aliphatic heterocycles. The van der Waals surface area contributed by atoms with Crippen molar-refractivity contribution in [1.82, 2.24) is 24.1 Å². The first-order valence-corrected chi connectivity index (χ1v) is 17.9. The Morgan fingerprint density at radius 3 is 1.87 bits per heavy atom. The summed E-state index contributed by atoms with van der Waals surface area (Å²) in [6.45, 7) is 0. The lowest BCUT2D eigenvalue weighted by Gasteiger charge is -2.11. The molecule has 54 heavy (non-hydrogen) atoms. The second kappa shape index (κ2) is 11.0. The molecular weight excluding hydrogens is 667 g/mol. The SMILES string of the molecule is c1ccc(-c2nc(-c3cccc4c3oc3ccccc34)nc(-n3ccc4c3ccc3c5ccccc5n(-c5cccc6c5oc5ccccc56)c34)n2)cc1. The lowest BCUT2D eigenvalue weighted by molar-refractivity contribution is 0.666. The molecule has 12 rings (SSSR count). The first-order valence-electron chi connectivity index (χ1n) is 17.9. The molecule has 0 fully saturated rings. The topological polar surface area (TPSA) is 74.8 Å². The third kappa shape index (κ3) is 4.09. The predicted molar refractivity (Wildman–Crippen MR) is 216 cm³/mol. The van der Waals surface area contributed by atoms with E-state index in [1.807, 2.05) is 72.8 Å². The second-order valence-electron chi connectivity index (χ2n) is 13.6. The summed E-state index contributed by atoms with van der Waals surface area (Å²) in [6, 6.07) is 54.0. The van der Waals surface area contributed by atoms with Gasteiger partial charge < -0.3 is 13.4 Å². The van der Waals surface area contributed by atoms with Crippen LogP contribution >= 0.6 is 0 Å². The largest absolute Gasteiger partial charge is 0.455 e. The third-order valence-corrected chi connectivity index (χ3v) is 10.6. The monoisotopic (exact) mass is 693 g/mol. The maximum Gasteiger partial charge on any atom is 0.238 e. The molecule has 12 aromatic rings. The summed E-state index contributed by atoms with van der Waals surface area (Å²) in [5.41, 5.74) is 9.16. The van der Waals surface area contributed by atoms with Crippen molar-refractivity contribution in [2.75, 3.05) is 0 Å². The molecule has 0 saturated heterocycles. The van der Waals surface area contributed by atoms with Gasteiger partial charge in [-0.05, 0) is 42.5 Å². The summed E-state index contributed by atoms with van der Waals surface area (Å²) >= 11 is 0. The van der Waals surface area contributed by atoms with E-state index < -0.39 is 0 Å². The van der Waals surface area contributed by atoms with Crippen LogP contribution in [0.2, 0.25) is 0 Å². The number of furan rings is 2. The van der Waals surface area contributed by atoms with Gasteiger partial charge in [0.05, 0.1) is 27.8 Å². The zero-order valence-corrected chi connectivity index (χ0v) is 28.6. The third-order valence-electron chi connectivity index (χ3n) is 10.6. The van der Waals surface area contributed by atoms with Crippen molar-refractivity contribution >= 4 is 76.6 Å². The van der Waals surface area contributed by atoms with Crippen LogP contribution in [0, 0.1) is 0 Å². The van der Waals surface area contributed by atoms with Gasteiger partial charge in [-0.25, -0.2) is 4.98 Å². The van der Waals surface area contributed by atoms with Crippen molar-refractivity contribution in [2.24, 2.45) is 0 Å². The quantitative estimate of drug-likeness (QED) is 0.183. The minimum Gasteiger partial charge on any atom is -0.455 e. The van der Waals surface area contributed by atoms with E-state index in [0.29, 0.717) is 17.6 Å². The standard InChI is InChI=1S/C47H27N5O2/c1-2-12-28(13-3-1)45-48-46(36-19-10-17-33-30-15-5-8-22-40(30)53-43(33)36)50-47(49-45)51-27-26-35-37(51)25-24-32-29-14-4-7-20-38(29)52(42(32)35)39-21-11-18-34-31-16-6-9-23-41(31)54-44(34)39/h1-27H. The van der Waals surface area contributed by atoms with Crippen molar-refractivity contribution in [3.63, 3.8) is 0 Å². The zero-order chi connectivity index (χ0) is 35.3. The average molecular weight is 694 g/mol. The van der Waals surface area contributed by atoms with Crippen LogP contribution in [0.3, 0.4) is 0 Å². The van der Waals surface area contributed by atoms with Gasteiger partial charge in [-0.3, -0.25) is 4.57 Å². The normalized spacial score (nSPS) is 12.1. The summed E-state index contributed by atoms with van der Waals surface area (Å²) in [7, 11) is 0. The summed E-state index contributed by atoms with van der Waals surface area (Å²) in [6.07, 6.45) is 2.06. The average Bonchev–Trinajstić information content (AvgIpc) is 4.01. The molecule has 5 aromatic heterocycles. The first-order chi connectivity index (χ1) is 26.8. The molecule has 0 aliphatic rings. The van der Waals surface area contributed by atoms with E-state index in [0.717, 1.165) is 88.0 Å². The number of nitrogens with zero attached hydrogens (tertiary/aromatic N) is 5. The van der Waals surface area contributed by atoms with Crippen molar-refractivity contribution in [2.45, 2.75) is 0 Å². The van der Waals surface area contributed by atoms with Crippen molar-refractivity contribution in [3.8, 4) is 34.4 Å². The lowest BCUT2D eigenvalue weighted by atomic mass is 10.1. The summed E-state index contributed by atoms with van der Waals surface area (Å²) < 4.78 is 17.5. The zero-order valence-electron chi connectivity index (χ0n) is 28.6. The Bertz CT molecular complexity index is 3460. The number of fused-ring (bicyclic) bond motifs is 11. The molecule has 252 valence electrons. The number of hydrogen-bond donors (Lipinski definition) is 0. The van der Waals surface area contributed by atoms with E-state index in [9.17, 15) is 0 Å². The maximum atomic E-state index is 6.59. The van der Waals surface area contributed by atoms with Crippen LogP contribution in [0.4, 0.5) is 0 Å². The highest BCUT2D eigenvalue weighted by atomic mass is 16.3. The number of para-hydroxylation sites is 5. The number of hydrogen-bond acceptors (Lipinski definition) is 5. The van der Waals surface area contributed by atoms with E-state index >= 15 is 0 Å². The number of benzene rings is 7. The van der Waals surface area contributed by atoms with Crippen molar-refractivity contribution in [1.29, 1.82) is 0 Å². The summed E-state index contributed by atoms with van der Waals surface area (Å²) in [5.74, 6) is 1.64. The van der Waals surface area contributed by atoms with Gasteiger partial charge in [0.1, 0.15) is 16.7 Å². The smallest absolute Gasteiger partial charge is 0.238 e. The van der Waals surface area contributed by atoms with Crippen LogP contribution in [-0.4, -0.2) is 24.1 Å². The molecule has 7 nitrogen and oxygen atoms in total. The highest BCUT2D eigenvalue weighted by Crippen LogP contribution is 2.41. The van der Waals surface area contributed by atoms with Crippen LogP contribution in [0.1, 0.15) is 0 Å². The Balaban J connectivity index is 1.13. The van der Waals surface area contributed by atoms with Gasteiger partial charge >= 0.3 is 0 Å². The molecule has 5 heterocycles. The van der Waals surface area contributed by atoms with E-state index in [-0.39, 0.29) is 0 Å². The van der Waals surface area contributed by atoms with E-state index in [2.05, 4.69) is 100 Å². The Morgan fingerprint density at radius 2 is 1.06 bits per heavy atom. The molecule has 0 amide bonds. The number of aromatic nitrogens is 5. The maximum absolute atomic E-state index is 6.59. The van der Waals surface area contributed by atoms with Crippen molar-refractivity contribution < 1.29 is 8.83 Å². The minimum atomic E-state index is 0.517. The fraction of sp³-hybridized carbons (Fsp3) is 0. The van der Waals surface area contributed by atoms with Gasteiger partial charge in [0, 0.05) is 49.5 Å². The highest BCUT2D eigenvalue weighted by Gasteiger charge is 2.22. The lowest BCUT2D eigenvalue weighted by Crippen LogP contribution is -2.05. The Kier molecular flexibility index (Phi) is 5.93. The number of rotatable bonds is 4. The fourth-order valence-electron chi connectivity index (χ4n) is 8.24. The molecule has 0 N–H and O–H groups in total. The van der Waals surface area contributed by atoms with Gasteiger partial charge in [-0.15, -0.1) is 0 Å². The van der Waals surface area contributed by atoms with Crippen LogP contribution in [0.15, 0.2) is 173 Å².